The SMILES string of the molecule is C[C@H](Cc1cccc(C(F)(F)F)c1)C(=O)N1CCC[C@H](C(=O)O)C1. The van der Waals surface area contributed by atoms with E-state index < -0.39 is 29.5 Å². The van der Waals surface area contributed by atoms with Crippen molar-refractivity contribution in [1.82, 2.24) is 4.90 Å². The third-order valence-corrected chi connectivity index (χ3v) is 4.30. The van der Waals surface area contributed by atoms with Crippen molar-refractivity contribution in [2.75, 3.05) is 13.1 Å². The molecule has 1 saturated heterocycles. The Hall–Kier alpha value is -2.05. The third-order valence-electron chi connectivity index (χ3n) is 4.30. The van der Waals surface area contributed by atoms with Crippen molar-refractivity contribution in [3.8, 4) is 0 Å². The Kier molecular flexibility index (Phi) is 5.51. The molecule has 0 saturated carbocycles. The highest BCUT2D eigenvalue weighted by Crippen LogP contribution is 2.30. The fourth-order valence-electron chi connectivity index (χ4n) is 3.01. The van der Waals surface area contributed by atoms with Gasteiger partial charge in [-0.05, 0) is 30.9 Å². The fourth-order valence-corrected chi connectivity index (χ4v) is 3.01. The molecule has 0 aromatic heterocycles. The van der Waals surface area contributed by atoms with Gasteiger partial charge in [0.05, 0.1) is 11.5 Å². The van der Waals surface area contributed by atoms with Gasteiger partial charge in [0, 0.05) is 19.0 Å². The van der Waals surface area contributed by atoms with Crippen molar-refractivity contribution in [3.63, 3.8) is 0 Å². The van der Waals surface area contributed by atoms with Gasteiger partial charge in [-0.15, -0.1) is 0 Å². The predicted molar refractivity (Wildman–Crippen MR) is 81.3 cm³/mol. The maximum Gasteiger partial charge on any atom is 0.416 e. The highest BCUT2D eigenvalue weighted by atomic mass is 19.4. The van der Waals surface area contributed by atoms with Crippen LogP contribution < -0.4 is 0 Å². The van der Waals surface area contributed by atoms with Gasteiger partial charge >= 0.3 is 12.1 Å². The zero-order chi connectivity index (χ0) is 17.9. The van der Waals surface area contributed by atoms with Crippen molar-refractivity contribution in [2.45, 2.75) is 32.4 Å². The molecule has 1 aromatic rings. The van der Waals surface area contributed by atoms with Crippen molar-refractivity contribution in [3.05, 3.63) is 35.4 Å². The quantitative estimate of drug-likeness (QED) is 0.913. The number of nitrogens with zero attached hydrogens (tertiary/aromatic N) is 1. The number of carbonyl (C=O) groups excluding carboxylic acids is 1. The van der Waals surface area contributed by atoms with Crippen molar-refractivity contribution in [2.24, 2.45) is 11.8 Å². The van der Waals surface area contributed by atoms with Crippen molar-refractivity contribution in [1.29, 1.82) is 0 Å². The van der Waals surface area contributed by atoms with E-state index in [1.807, 2.05) is 0 Å². The summed E-state index contributed by atoms with van der Waals surface area (Å²) in [7, 11) is 0. The number of halogens is 3. The van der Waals surface area contributed by atoms with Crippen LogP contribution in [0.5, 0.6) is 0 Å². The number of carboxylic acid groups (broad SMARTS) is 1. The van der Waals surface area contributed by atoms with E-state index in [9.17, 15) is 22.8 Å². The molecule has 1 heterocycles. The molecule has 2 rings (SSSR count). The van der Waals surface area contributed by atoms with Crippen molar-refractivity contribution < 1.29 is 27.9 Å². The number of piperidine rings is 1. The molecule has 1 fully saturated rings. The number of carbonyl (C=O) groups is 2. The van der Waals surface area contributed by atoms with Gasteiger partial charge in [-0.3, -0.25) is 9.59 Å². The molecule has 0 spiro atoms. The molecule has 1 aliphatic heterocycles. The predicted octanol–water partition coefficient (Wildman–Crippen LogP) is 3.21. The van der Waals surface area contributed by atoms with E-state index in [2.05, 4.69) is 0 Å². The smallest absolute Gasteiger partial charge is 0.416 e. The van der Waals surface area contributed by atoms with E-state index in [1.54, 1.807) is 13.0 Å². The van der Waals surface area contributed by atoms with Gasteiger partial charge in [-0.2, -0.15) is 13.2 Å². The van der Waals surface area contributed by atoms with Crippen LogP contribution in [0.25, 0.3) is 0 Å². The monoisotopic (exact) mass is 343 g/mol. The third kappa shape index (κ3) is 4.49. The number of alkyl halides is 3. The van der Waals surface area contributed by atoms with Gasteiger partial charge < -0.3 is 10.0 Å². The molecule has 0 radical (unpaired) electrons. The molecule has 1 aromatic carbocycles. The summed E-state index contributed by atoms with van der Waals surface area (Å²) in [6.07, 6.45) is -3.05. The lowest BCUT2D eigenvalue weighted by atomic mass is 9.94. The molecular formula is C17H20F3NO3. The minimum atomic E-state index is -4.41. The molecule has 24 heavy (non-hydrogen) atoms. The molecule has 0 aliphatic carbocycles. The highest BCUT2D eigenvalue weighted by molar-refractivity contribution is 5.80. The summed E-state index contributed by atoms with van der Waals surface area (Å²) in [4.78, 5) is 25.0. The zero-order valence-corrected chi connectivity index (χ0v) is 13.3. The van der Waals surface area contributed by atoms with E-state index in [0.29, 0.717) is 24.9 Å². The van der Waals surface area contributed by atoms with Gasteiger partial charge in [0.25, 0.3) is 0 Å². The van der Waals surface area contributed by atoms with Crippen LogP contribution in [0, 0.1) is 11.8 Å². The number of likely N-dealkylation sites (tertiary alicyclic amines) is 1. The Labute approximate surface area is 138 Å². The number of amides is 1. The van der Waals surface area contributed by atoms with Gasteiger partial charge in [-0.1, -0.05) is 25.1 Å². The van der Waals surface area contributed by atoms with Crippen LogP contribution in [0.1, 0.15) is 30.9 Å². The van der Waals surface area contributed by atoms with Crippen LogP contribution in [0.15, 0.2) is 24.3 Å². The maximum atomic E-state index is 12.7. The lowest BCUT2D eigenvalue weighted by Crippen LogP contribution is -2.44. The summed E-state index contributed by atoms with van der Waals surface area (Å²) in [5, 5.41) is 9.07. The number of hydrogen-bond donors (Lipinski definition) is 1. The number of rotatable bonds is 4. The van der Waals surface area contributed by atoms with Crippen LogP contribution in [-0.4, -0.2) is 35.0 Å². The Morgan fingerprint density at radius 3 is 2.71 bits per heavy atom. The number of hydrogen-bond acceptors (Lipinski definition) is 2. The average molecular weight is 343 g/mol. The molecule has 132 valence electrons. The first kappa shape index (κ1) is 18.3. The Balaban J connectivity index is 2.02. The first-order valence-corrected chi connectivity index (χ1v) is 7.86. The molecule has 2 atom stereocenters. The summed E-state index contributed by atoms with van der Waals surface area (Å²) in [5.74, 6) is -2.19. The largest absolute Gasteiger partial charge is 0.481 e. The van der Waals surface area contributed by atoms with E-state index in [1.165, 1.54) is 11.0 Å². The van der Waals surface area contributed by atoms with Gasteiger partial charge in [0.1, 0.15) is 0 Å². The van der Waals surface area contributed by atoms with Crippen LogP contribution >= 0.6 is 0 Å². The van der Waals surface area contributed by atoms with Crippen molar-refractivity contribution >= 4 is 11.9 Å². The minimum absolute atomic E-state index is 0.168. The van der Waals surface area contributed by atoms with Gasteiger partial charge in [0.15, 0.2) is 0 Å². The summed E-state index contributed by atoms with van der Waals surface area (Å²) in [6.45, 7) is 2.32. The number of benzene rings is 1. The summed E-state index contributed by atoms with van der Waals surface area (Å²) in [5.41, 5.74) is -0.291. The first-order valence-electron chi connectivity index (χ1n) is 7.86. The number of aliphatic carboxylic acids is 1. The highest BCUT2D eigenvalue weighted by Gasteiger charge is 2.32. The second-order valence-electron chi connectivity index (χ2n) is 6.26. The van der Waals surface area contributed by atoms with E-state index >= 15 is 0 Å². The van der Waals surface area contributed by atoms with Crippen LogP contribution in [0.4, 0.5) is 13.2 Å². The molecule has 1 aliphatic rings. The average Bonchev–Trinajstić information content (AvgIpc) is 2.53. The fraction of sp³-hybridized carbons (Fsp3) is 0.529. The summed E-state index contributed by atoms with van der Waals surface area (Å²) >= 11 is 0. The topological polar surface area (TPSA) is 57.6 Å². The maximum absolute atomic E-state index is 12.7. The molecule has 4 nitrogen and oxygen atoms in total. The molecule has 1 N–H and O–H groups in total. The molecule has 1 amide bonds. The minimum Gasteiger partial charge on any atom is -0.481 e. The normalized spacial score (nSPS) is 19.8. The summed E-state index contributed by atoms with van der Waals surface area (Å²) in [6, 6.07) is 4.95. The summed E-state index contributed by atoms with van der Waals surface area (Å²) < 4.78 is 38.2. The van der Waals surface area contributed by atoms with Crippen LogP contribution in [0.2, 0.25) is 0 Å². The second kappa shape index (κ2) is 7.23. The molecule has 0 unspecified atom stereocenters. The molecule has 7 heteroatoms. The second-order valence-corrected chi connectivity index (χ2v) is 6.26. The Morgan fingerprint density at radius 1 is 1.38 bits per heavy atom. The standard InChI is InChI=1S/C17H20F3NO3/c1-11(8-12-4-2-6-14(9-12)17(18,19)20)15(22)21-7-3-5-13(10-21)16(23)24/h2,4,6,9,11,13H,3,5,7-8,10H2,1H3,(H,23,24)/t11-,13+/m1/s1. The van der Waals surface area contributed by atoms with Gasteiger partial charge in [0.2, 0.25) is 5.91 Å². The zero-order valence-electron chi connectivity index (χ0n) is 13.3. The van der Waals surface area contributed by atoms with E-state index in [-0.39, 0.29) is 18.9 Å². The lowest BCUT2D eigenvalue weighted by Gasteiger charge is -2.32. The molecular weight excluding hydrogens is 323 g/mol. The Morgan fingerprint density at radius 2 is 2.08 bits per heavy atom. The van der Waals surface area contributed by atoms with Crippen LogP contribution in [-0.2, 0) is 22.2 Å². The lowest BCUT2D eigenvalue weighted by molar-refractivity contribution is -0.146. The van der Waals surface area contributed by atoms with Crippen LogP contribution in [0.3, 0.4) is 0 Å². The van der Waals surface area contributed by atoms with E-state index in [0.717, 1.165) is 12.1 Å². The Bertz CT molecular complexity index is 615. The molecule has 0 bridgehead atoms. The van der Waals surface area contributed by atoms with E-state index in [4.69, 9.17) is 5.11 Å². The number of carboxylic acids is 1. The van der Waals surface area contributed by atoms with Gasteiger partial charge in [-0.25, -0.2) is 0 Å². The first-order chi connectivity index (χ1) is 11.2.